The van der Waals surface area contributed by atoms with E-state index in [-0.39, 0.29) is 11.9 Å². The summed E-state index contributed by atoms with van der Waals surface area (Å²) in [7, 11) is 0. The van der Waals surface area contributed by atoms with Crippen molar-refractivity contribution in [1.82, 2.24) is 4.90 Å². The number of carbonyl (C=O) groups excluding carboxylic acids is 1. The van der Waals surface area contributed by atoms with Crippen LogP contribution in [0.4, 0.5) is 0 Å². The Morgan fingerprint density at radius 3 is 2.67 bits per heavy atom. The molecule has 1 fully saturated rings. The Bertz CT molecular complexity index is 508. The number of nitrogens with two attached hydrogens (primary N) is 1. The lowest BCUT2D eigenvalue weighted by Crippen LogP contribution is -2.42. The van der Waals surface area contributed by atoms with Crippen molar-refractivity contribution in [1.29, 1.82) is 5.41 Å². The van der Waals surface area contributed by atoms with Crippen LogP contribution in [0.2, 0.25) is 0 Å². The van der Waals surface area contributed by atoms with E-state index >= 15 is 0 Å². The van der Waals surface area contributed by atoms with Crippen LogP contribution in [-0.2, 0) is 4.79 Å². The summed E-state index contributed by atoms with van der Waals surface area (Å²) in [4.78, 5) is 13.8. The van der Waals surface area contributed by atoms with Crippen molar-refractivity contribution in [3.63, 3.8) is 0 Å². The maximum absolute atomic E-state index is 11.9. The van der Waals surface area contributed by atoms with Crippen molar-refractivity contribution in [3.05, 3.63) is 29.8 Å². The van der Waals surface area contributed by atoms with Crippen LogP contribution < -0.4 is 10.5 Å². The molecule has 0 amide bonds. The number of ether oxygens (including phenoxy) is 1. The first-order valence-electron chi connectivity index (χ1n) is 7.41. The van der Waals surface area contributed by atoms with Crippen LogP contribution in [0.25, 0.3) is 0 Å². The number of guanidine groups is 1. The van der Waals surface area contributed by atoms with Crippen LogP contribution in [0.1, 0.15) is 31.2 Å². The fraction of sp³-hybridized carbons (Fsp3) is 0.500. The van der Waals surface area contributed by atoms with Crippen molar-refractivity contribution in [2.24, 2.45) is 11.7 Å². The second kappa shape index (κ2) is 7.11. The number of rotatable bonds is 4. The molecule has 0 unspecified atom stereocenters. The minimum atomic E-state index is -0.168. The lowest BCUT2D eigenvalue weighted by Gasteiger charge is -2.31. The van der Waals surface area contributed by atoms with Crippen molar-refractivity contribution in [3.8, 4) is 5.75 Å². The van der Waals surface area contributed by atoms with Crippen LogP contribution in [0.3, 0.4) is 0 Å². The zero-order chi connectivity index (χ0) is 15.2. The lowest BCUT2D eigenvalue weighted by atomic mass is 9.92. The van der Waals surface area contributed by atoms with Crippen LogP contribution in [0, 0.1) is 18.3 Å². The molecule has 1 aromatic rings. The molecule has 1 aliphatic rings. The molecule has 0 saturated carbocycles. The van der Waals surface area contributed by atoms with E-state index < -0.39 is 0 Å². The van der Waals surface area contributed by atoms with Crippen LogP contribution >= 0.6 is 0 Å². The maximum Gasteiger partial charge on any atom is 0.311 e. The third-order valence-corrected chi connectivity index (χ3v) is 4.03. The Kier molecular flexibility index (Phi) is 5.20. The molecule has 0 atom stereocenters. The number of nitrogens with one attached hydrogen (secondary N) is 1. The fourth-order valence-corrected chi connectivity index (χ4v) is 2.63. The van der Waals surface area contributed by atoms with Gasteiger partial charge in [-0.2, -0.15) is 0 Å². The highest BCUT2D eigenvalue weighted by molar-refractivity contribution is 5.74. The maximum atomic E-state index is 11.9. The summed E-state index contributed by atoms with van der Waals surface area (Å²) in [5.41, 5.74) is 6.44. The molecule has 0 bridgehead atoms. The molecular formula is C16H23N3O2. The van der Waals surface area contributed by atoms with Crippen LogP contribution in [0.15, 0.2) is 24.3 Å². The van der Waals surface area contributed by atoms with Crippen LogP contribution in [0.5, 0.6) is 5.75 Å². The minimum Gasteiger partial charge on any atom is -0.426 e. The standard InChI is InChI=1S/C16H23N3O2/c1-12-4-2-3-5-14(12)21-15(20)7-6-13-8-10-19(11-9-13)16(17)18/h2-5,13H,6-11H2,1H3,(H3,17,18). The van der Waals surface area contributed by atoms with E-state index in [2.05, 4.69) is 0 Å². The van der Waals surface area contributed by atoms with Crippen LogP contribution in [-0.4, -0.2) is 29.9 Å². The van der Waals surface area contributed by atoms with Gasteiger partial charge >= 0.3 is 5.97 Å². The molecule has 0 aliphatic carbocycles. The number of aryl methyl sites for hydroxylation is 1. The zero-order valence-electron chi connectivity index (χ0n) is 12.5. The molecule has 1 aliphatic heterocycles. The van der Waals surface area contributed by atoms with Gasteiger partial charge in [-0.3, -0.25) is 10.2 Å². The third-order valence-electron chi connectivity index (χ3n) is 4.03. The normalized spacial score (nSPS) is 15.8. The molecule has 3 N–H and O–H groups in total. The van der Waals surface area contributed by atoms with E-state index in [1.807, 2.05) is 36.1 Å². The van der Waals surface area contributed by atoms with Crippen molar-refractivity contribution < 1.29 is 9.53 Å². The highest BCUT2D eigenvalue weighted by Gasteiger charge is 2.20. The first kappa shape index (κ1) is 15.4. The molecule has 1 heterocycles. The molecule has 1 saturated heterocycles. The van der Waals surface area contributed by atoms with Gasteiger partial charge in [-0.05, 0) is 43.7 Å². The van der Waals surface area contributed by atoms with Gasteiger partial charge in [0.05, 0.1) is 0 Å². The first-order chi connectivity index (χ1) is 10.1. The molecule has 2 rings (SSSR count). The molecule has 0 radical (unpaired) electrons. The van der Waals surface area contributed by atoms with Gasteiger partial charge in [-0.15, -0.1) is 0 Å². The number of benzene rings is 1. The highest BCUT2D eigenvalue weighted by atomic mass is 16.5. The summed E-state index contributed by atoms with van der Waals surface area (Å²) in [6.45, 7) is 3.56. The number of hydrogen-bond acceptors (Lipinski definition) is 3. The monoisotopic (exact) mass is 289 g/mol. The molecule has 1 aromatic carbocycles. The highest BCUT2D eigenvalue weighted by Crippen LogP contribution is 2.23. The molecule has 5 nitrogen and oxygen atoms in total. The SMILES string of the molecule is Cc1ccccc1OC(=O)CCC1CCN(C(=N)N)CC1. The molecule has 5 heteroatoms. The van der Waals surface area contributed by atoms with Gasteiger partial charge in [0.15, 0.2) is 5.96 Å². The number of nitrogens with zero attached hydrogens (tertiary/aromatic N) is 1. The lowest BCUT2D eigenvalue weighted by molar-refractivity contribution is -0.134. The van der Waals surface area contributed by atoms with Gasteiger partial charge in [0.2, 0.25) is 0 Å². The quantitative estimate of drug-likeness (QED) is 0.386. The topological polar surface area (TPSA) is 79.4 Å². The predicted octanol–water partition coefficient (Wildman–Crippen LogP) is 2.29. The summed E-state index contributed by atoms with van der Waals surface area (Å²) in [5, 5.41) is 7.40. The van der Waals surface area contributed by atoms with E-state index in [0.29, 0.717) is 18.1 Å². The number of hydrogen-bond donors (Lipinski definition) is 2. The Morgan fingerprint density at radius 2 is 2.05 bits per heavy atom. The largest absolute Gasteiger partial charge is 0.426 e. The minimum absolute atomic E-state index is 0.146. The number of piperidine rings is 1. The summed E-state index contributed by atoms with van der Waals surface area (Å²) in [6, 6.07) is 7.54. The summed E-state index contributed by atoms with van der Waals surface area (Å²) in [6.07, 6.45) is 3.25. The first-order valence-corrected chi connectivity index (χ1v) is 7.41. The zero-order valence-corrected chi connectivity index (χ0v) is 12.5. The Labute approximate surface area is 125 Å². The van der Waals surface area contributed by atoms with Crippen molar-refractivity contribution in [2.45, 2.75) is 32.6 Å². The van der Waals surface area contributed by atoms with E-state index in [1.54, 1.807) is 0 Å². The van der Waals surface area contributed by atoms with E-state index in [0.717, 1.165) is 37.9 Å². The summed E-state index contributed by atoms with van der Waals surface area (Å²) >= 11 is 0. The third kappa shape index (κ3) is 4.48. The van der Waals surface area contributed by atoms with Crippen molar-refractivity contribution >= 4 is 11.9 Å². The van der Waals surface area contributed by atoms with Gasteiger partial charge in [0.25, 0.3) is 0 Å². The van der Waals surface area contributed by atoms with Gasteiger partial charge in [-0.25, -0.2) is 0 Å². The Morgan fingerprint density at radius 1 is 1.38 bits per heavy atom. The van der Waals surface area contributed by atoms with Crippen molar-refractivity contribution in [2.75, 3.05) is 13.1 Å². The second-order valence-corrected chi connectivity index (χ2v) is 5.59. The van der Waals surface area contributed by atoms with Gasteiger partial charge in [0.1, 0.15) is 5.75 Å². The average Bonchev–Trinajstić information content (AvgIpc) is 2.48. The van der Waals surface area contributed by atoms with Gasteiger partial charge in [0, 0.05) is 19.5 Å². The number of esters is 1. The summed E-state index contributed by atoms with van der Waals surface area (Å²) < 4.78 is 5.39. The average molecular weight is 289 g/mol. The smallest absolute Gasteiger partial charge is 0.311 e. The van der Waals surface area contributed by atoms with E-state index in [9.17, 15) is 4.79 Å². The number of para-hydroxylation sites is 1. The molecular weight excluding hydrogens is 266 g/mol. The van der Waals surface area contributed by atoms with Gasteiger partial charge in [-0.1, -0.05) is 18.2 Å². The molecule has 114 valence electrons. The summed E-state index contributed by atoms with van der Waals surface area (Å²) in [5.74, 6) is 1.14. The number of likely N-dealkylation sites (tertiary alicyclic amines) is 1. The van der Waals surface area contributed by atoms with E-state index in [4.69, 9.17) is 15.9 Å². The van der Waals surface area contributed by atoms with Gasteiger partial charge < -0.3 is 15.4 Å². The van der Waals surface area contributed by atoms with E-state index in [1.165, 1.54) is 0 Å². The molecule has 0 aromatic heterocycles. The Balaban J connectivity index is 1.73. The Hall–Kier alpha value is -2.04. The number of carbonyl (C=O) groups is 1. The predicted molar refractivity (Wildman–Crippen MR) is 82.3 cm³/mol. The second-order valence-electron chi connectivity index (χ2n) is 5.59. The molecule has 21 heavy (non-hydrogen) atoms. The molecule has 0 spiro atoms. The fourth-order valence-electron chi connectivity index (χ4n) is 2.63.